The highest BCUT2D eigenvalue weighted by molar-refractivity contribution is 4.88. The normalized spacial score (nSPS) is 13.4. The van der Waals surface area contributed by atoms with E-state index in [1.54, 1.807) is 0 Å². The summed E-state index contributed by atoms with van der Waals surface area (Å²) < 4.78 is 2.11. The van der Waals surface area contributed by atoms with Crippen molar-refractivity contribution < 1.29 is 0 Å². The summed E-state index contributed by atoms with van der Waals surface area (Å²) in [7, 11) is 1.97. The van der Waals surface area contributed by atoms with Gasteiger partial charge < -0.3 is 9.88 Å². The smallest absolute Gasteiger partial charge is 0.0371 e. The van der Waals surface area contributed by atoms with Gasteiger partial charge in [-0.05, 0) is 20.0 Å². The van der Waals surface area contributed by atoms with Crippen molar-refractivity contribution in [3.05, 3.63) is 24.5 Å². The molecule has 1 N–H and O–H groups in total. The average Bonchev–Trinajstić information content (AvgIpc) is 2.40. The minimum atomic E-state index is 0.529. The summed E-state index contributed by atoms with van der Waals surface area (Å²) in [5, 5.41) is 3.17. The van der Waals surface area contributed by atoms with Crippen LogP contribution < -0.4 is 5.32 Å². The Kier molecular flexibility index (Phi) is 2.51. The molecule has 0 saturated carbocycles. The molecule has 0 aliphatic heterocycles. The Hall–Kier alpha value is -0.760. The quantitative estimate of drug-likeness (QED) is 0.655. The van der Waals surface area contributed by atoms with E-state index in [0.29, 0.717) is 6.04 Å². The standard InChI is InChI=1S/C8H13N2/c1-8(9-2)7-10-5-3-4-6-10/h3,5-6,8-9H,7H2,1-2H3/t8-/m0/s1. The lowest BCUT2D eigenvalue weighted by molar-refractivity contribution is 0.516. The SMILES string of the molecule is CN[C@@H](C)Cn1c[c]cc1. The van der Waals surface area contributed by atoms with E-state index in [4.69, 9.17) is 0 Å². The molecule has 0 unspecified atom stereocenters. The highest BCUT2D eigenvalue weighted by Crippen LogP contribution is 1.91. The lowest BCUT2D eigenvalue weighted by atomic mass is 10.3. The van der Waals surface area contributed by atoms with Gasteiger partial charge in [0, 0.05) is 31.0 Å². The molecule has 1 atom stereocenters. The number of nitrogens with zero attached hydrogens (tertiary/aromatic N) is 1. The molecule has 55 valence electrons. The van der Waals surface area contributed by atoms with Gasteiger partial charge in [-0.15, -0.1) is 0 Å². The van der Waals surface area contributed by atoms with Crippen molar-refractivity contribution in [2.75, 3.05) is 7.05 Å². The van der Waals surface area contributed by atoms with E-state index in [-0.39, 0.29) is 0 Å². The Morgan fingerprint density at radius 3 is 3.00 bits per heavy atom. The molecular formula is C8H13N2. The lowest BCUT2D eigenvalue weighted by Crippen LogP contribution is -2.25. The first-order valence-corrected chi connectivity index (χ1v) is 3.52. The van der Waals surface area contributed by atoms with Crippen LogP contribution in [0.1, 0.15) is 6.92 Å². The predicted molar refractivity (Wildman–Crippen MR) is 41.8 cm³/mol. The fourth-order valence-corrected chi connectivity index (χ4v) is 0.842. The largest absolute Gasteiger partial charge is 0.352 e. The van der Waals surface area contributed by atoms with Crippen LogP contribution in [0.5, 0.6) is 0 Å². The minimum Gasteiger partial charge on any atom is -0.352 e. The second-order valence-electron chi connectivity index (χ2n) is 2.50. The van der Waals surface area contributed by atoms with E-state index in [1.165, 1.54) is 0 Å². The molecule has 1 radical (unpaired) electrons. The maximum absolute atomic E-state index is 3.17. The Labute approximate surface area is 61.9 Å². The number of likely N-dealkylation sites (N-methyl/N-ethyl adjacent to an activating group) is 1. The monoisotopic (exact) mass is 137 g/mol. The van der Waals surface area contributed by atoms with Gasteiger partial charge in [0.25, 0.3) is 0 Å². The van der Waals surface area contributed by atoms with Crippen LogP contribution in [-0.4, -0.2) is 17.7 Å². The average molecular weight is 137 g/mol. The minimum absolute atomic E-state index is 0.529. The van der Waals surface area contributed by atoms with Gasteiger partial charge in [-0.2, -0.15) is 0 Å². The third-order valence-corrected chi connectivity index (χ3v) is 1.58. The van der Waals surface area contributed by atoms with Crippen LogP contribution in [-0.2, 0) is 6.54 Å². The molecule has 0 amide bonds. The van der Waals surface area contributed by atoms with Crippen LogP contribution in [0.4, 0.5) is 0 Å². The van der Waals surface area contributed by atoms with Gasteiger partial charge in [0.2, 0.25) is 0 Å². The fourth-order valence-electron chi connectivity index (χ4n) is 0.842. The Morgan fingerprint density at radius 2 is 2.50 bits per heavy atom. The molecule has 0 fully saturated rings. The zero-order valence-electron chi connectivity index (χ0n) is 6.46. The van der Waals surface area contributed by atoms with E-state index in [0.717, 1.165) is 6.54 Å². The third kappa shape index (κ3) is 1.88. The second-order valence-corrected chi connectivity index (χ2v) is 2.50. The van der Waals surface area contributed by atoms with Crippen molar-refractivity contribution in [3.8, 4) is 0 Å². The van der Waals surface area contributed by atoms with Crippen LogP contribution >= 0.6 is 0 Å². The topological polar surface area (TPSA) is 17.0 Å². The maximum Gasteiger partial charge on any atom is 0.0371 e. The first-order valence-electron chi connectivity index (χ1n) is 3.52. The summed E-state index contributed by atoms with van der Waals surface area (Å²) in [5.41, 5.74) is 0. The third-order valence-electron chi connectivity index (χ3n) is 1.58. The predicted octanol–water partition coefficient (Wildman–Crippen LogP) is 0.896. The van der Waals surface area contributed by atoms with Gasteiger partial charge in [0.15, 0.2) is 0 Å². The van der Waals surface area contributed by atoms with Gasteiger partial charge in [-0.25, -0.2) is 0 Å². The molecule has 0 saturated heterocycles. The summed E-state index contributed by atoms with van der Waals surface area (Å²) in [5.74, 6) is 0. The summed E-state index contributed by atoms with van der Waals surface area (Å²) in [6.45, 7) is 3.17. The van der Waals surface area contributed by atoms with E-state index in [9.17, 15) is 0 Å². The fraction of sp³-hybridized carbons (Fsp3) is 0.500. The number of nitrogens with one attached hydrogen (secondary N) is 1. The molecule has 0 spiro atoms. The maximum atomic E-state index is 3.17. The first-order chi connectivity index (χ1) is 4.83. The van der Waals surface area contributed by atoms with E-state index >= 15 is 0 Å². The summed E-state index contributed by atoms with van der Waals surface area (Å²) in [6, 6.07) is 5.44. The second kappa shape index (κ2) is 3.42. The summed E-state index contributed by atoms with van der Waals surface area (Å²) >= 11 is 0. The number of aromatic nitrogens is 1. The van der Waals surface area contributed by atoms with Crippen LogP contribution in [0, 0.1) is 6.07 Å². The highest BCUT2D eigenvalue weighted by Gasteiger charge is 1.96. The molecule has 2 heteroatoms. The van der Waals surface area contributed by atoms with Crippen molar-refractivity contribution in [2.45, 2.75) is 19.5 Å². The zero-order chi connectivity index (χ0) is 7.40. The molecule has 1 aromatic heterocycles. The molecule has 1 aromatic rings. The molecule has 1 heterocycles. The van der Waals surface area contributed by atoms with E-state index in [2.05, 4.69) is 22.9 Å². The molecule has 0 aliphatic rings. The van der Waals surface area contributed by atoms with E-state index in [1.807, 2.05) is 25.5 Å². The van der Waals surface area contributed by atoms with Crippen LogP contribution in [0.25, 0.3) is 0 Å². The highest BCUT2D eigenvalue weighted by atomic mass is 15.0. The Morgan fingerprint density at radius 1 is 1.70 bits per heavy atom. The van der Waals surface area contributed by atoms with E-state index < -0.39 is 0 Å². The molecule has 2 nitrogen and oxygen atoms in total. The van der Waals surface area contributed by atoms with Gasteiger partial charge >= 0.3 is 0 Å². The molecular weight excluding hydrogens is 124 g/mol. The molecule has 0 bridgehead atoms. The van der Waals surface area contributed by atoms with Gasteiger partial charge in [-0.3, -0.25) is 0 Å². The van der Waals surface area contributed by atoms with Gasteiger partial charge in [-0.1, -0.05) is 0 Å². The first kappa shape index (κ1) is 7.35. The van der Waals surface area contributed by atoms with Crippen molar-refractivity contribution in [2.24, 2.45) is 0 Å². The molecule has 0 aromatic carbocycles. The van der Waals surface area contributed by atoms with Crippen LogP contribution in [0.3, 0.4) is 0 Å². The van der Waals surface area contributed by atoms with Crippen molar-refractivity contribution in [1.82, 2.24) is 9.88 Å². The summed E-state index contributed by atoms with van der Waals surface area (Å²) in [4.78, 5) is 0. The van der Waals surface area contributed by atoms with Crippen molar-refractivity contribution in [3.63, 3.8) is 0 Å². The van der Waals surface area contributed by atoms with Crippen molar-refractivity contribution in [1.29, 1.82) is 0 Å². The van der Waals surface area contributed by atoms with Gasteiger partial charge in [0.1, 0.15) is 0 Å². The molecule has 10 heavy (non-hydrogen) atoms. The number of rotatable bonds is 3. The van der Waals surface area contributed by atoms with Gasteiger partial charge in [0.05, 0.1) is 0 Å². The molecule has 1 rings (SSSR count). The lowest BCUT2D eigenvalue weighted by Gasteiger charge is -2.09. The molecule has 0 aliphatic carbocycles. The Balaban J connectivity index is 2.40. The zero-order valence-corrected chi connectivity index (χ0v) is 6.46. The van der Waals surface area contributed by atoms with Crippen molar-refractivity contribution >= 4 is 0 Å². The van der Waals surface area contributed by atoms with Crippen LogP contribution in [0.15, 0.2) is 18.5 Å². The number of hydrogen-bond donors (Lipinski definition) is 1. The summed E-state index contributed by atoms with van der Waals surface area (Å²) in [6.07, 6.45) is 3.97. The van der Waals surface area contributed by atoms with Crippen LogP contribution in [0.2, 0.25) is 0 Å². The number of hydrogen-bond acceptors (Lipinski definition) is 1. The Bertz CT molecular complexity index is 167.